The van der Waals surface area contributed by atoms with Crippen LogP contribution in [-0.4, -0.2) is 47.0 Å². The number of nitrogens with zero attached hydrogens (tertiary/aromatic N) is 2. The average molecular weight is 248 g/mol. The van der Waals surface area contributed by atoms with Crippen molar-refractivity contribution in [1.29, 1.82) is 0 Å². The van der Waals surface area contributed by atoms with Crippen molar-refractivity contribution >= 4 is 11.9 Å². The molecule has 2 rings (SSSR count). The molecular formula is C13H16N2O3. The fraction of sp³-hybridized carbons (Fsp3) is 0.385. The van der Waals surface area contributed by atoms with E-state index in [0.29, 0.717) is 6.42 Å². The van der Waals surface area contributed by atoms with Crippen LogP contribution in [0.5, 0.6) is 0 Å². The van der Waals surface area contributed by atoms with Crippen molar-refractivity contribution in [3.8, 4) is 0 Å². The predicted octanol–water partition coefficient (Wildman–Crippen LogP) is 1.00. The van der Waals surface area contributed by atoms with Gasteiger partial charge < -0.3 is 10.0 Å². The lowest BCUT2D eigenvalue weighted by Crippen LogP contribution is -2.33. The number of carbonyl (C=O) groups excluding carboxylic acids is 2. The fourth-order valence-corrected chi connectivity index (χ4v) is 1.98. The maximum absolute atomic E-state index is 11.6. The van der Waals surface area contributed by atoms with Crippen LogP contribution in [0.15, 0.2) is 30.3 Å². The van der Waals surface area contributed by atoms with Gasteiger partial charge in [0.15, 0.2) is 0 Å². The van der Waals surface area contributed by atoms with E-state index in [4.69, 9.17) is 0 Å². The van der Waals surface area contributed by atoms with Crippen LogP contribution in [0.3, 0.4) is 0 Å². The lowest BCUT2D eigenvalue weighted by molar-refractivity contribution is -0.125. The van der Waals surface area contributed by atoms with Crippen LogP contribution >= 0.6 is 0 Å². The second kappa shape index (κ2) is 5.18. The van der Waals surface area contributed by atoms with E-state index >= 15 is 0 Å². The molecule has 3 amide bonds. The van der Waals surface area contributed by atoms with E-state index in [-0.39, 0.29) is 25.0 Å². The lowest BCUT2D eigenvalue weighted by Gasteiger charge is -2.16. The molecule has 96 valence electrons. The second-order valence-electron chi connectivity index (χ2n) is 4.40. The smallest absolute Gasteiger partial charge is 0.326 e. The zero-order chi connectivity index (χ0) is 13.1. The van der Waals surface area contributed by atoms with Gasteiger partial charge in [-0.05, 0) is 12.0 Å². The maximum Gasteiger partial charge on any atom is 0.326 e. The number of likely N-dealkylation sites (N-methyl/N-ethyl adjacent to an activating group) is 1. The van der Waals surface area contributed by atoms with Gasteiger partial charge in [0.05, 0.1) is 6.10 Å². The zero-order valence-corrected chi connectivity index (χ0v) is 10.2. The molecule has 0 radical (unpaired) electrons. The summed E-state index contributed by atoms with van der Waals surface area (Å²) in [6, 6.07) is 8.92. The molecule has 1 saturated heterocycles. The van der Waals surface area contributed by atoms with Gasteiger partial charge in [0.2, 0.25) is 5.91 Å². The number of rotatable bonds is 4. The SMILES string of the molecule is CN1CC(=O)N(CCC(O)c2ccccc2)C1=O. The molecule has 0 aromatic heterocycles. The highest BCUT2D eigenvalue weighted by Gasteiger charge is 2.33. The maximum atomic E-state index is 11.6. The van der Waals surface area contributed by atoms with Crippen molar-refractivity contribution < 1.29 is 14.7 Å². The van der Waals surface area contributed by atoms with Gasteiger partial charge in [0, 0.05) is 13.6 Å². The summed E-state index contributed by atoms with van der Waals surface area (Å²) in [7, 11) is 1.59. The number of hydrogen-bond donors (Lipinski definition) is 1. The Labute approximate surface area is 106 Å². The van der Waals surface area contributed by atoms with Crippen LogP contribution in [0.25, 0.3) is 0 Å². The van der Waals surface area contributed by atoms with Gasteiger partial charge in [-0.15, -0.1) is 0 Å². The Bertz CT molecular complexity index is 447. The molecule has 1 aliphatic rings. The van der Waals surface area contributed by atoms with Gasteiger partial charge in [0.1, 0.15) is 6.54 Å². The van der Waals surface area contributed by atoms with Gasteiger partial charge >= 0.3 is 6.03 Å². The Morgan fingerprint density at radius 3 is 2.50 bits per heavy atom. The van der Waals surface area contributed by atoms with E-state index < -0.39 is 6.10 Å². The van der Waals surface area contributed by atoms with Gasteiger partial charge in [-0.2, -0.15) is 0 Å². The van der Waals surface area contributed by atoms with Crippen LogP contribution in [0.2, 0.25) is 0 Å². The third-order valence-corrected chi connectivity index (χ3v) is 3.04. The lowest BCUT2D eigenvalue weighted by atomic mass is 10.1. The molecule has 1 unspecified atom stereocenters. The van der Waals surface area contributed by atoms with Crippen LogP contribution in [-0.2, 0) is 4.79 Å². The number of urea groups is 1. The first-order valence-electron chi connectivity index (χ1n) is 5.88. The highest BCUT2D eigenvalue weighted by Crippen LogP contribution is 2.18. The zero-order valence-electron chi connectivity index (χ0n) is 10.2. The Kier molecular flexibility index (Phi) is 3.62. The first kappa shape index (κ1) is 12.6. The molecule has 1 atom stereocenters. The number of aliphatic hydroxyl groups excluding tert-OH is 1. The van der Waals surface area contributed by atoms with Crippen molar-refractivity contribution in [3.63, 3.8) is 0 Å². The molecule has 0 spiro atoms. The first-order valence-corrected chi connectivity index (χ1v) is 5.88. The number of imide groups is 1. The van der Waals surface area contributed by atoms with Gasteiger partial charge in [-0.25, -0.2) is 4.79 Å². The Morgan fingerprint density at radius 1 is 1.28 bits per heavy atom. The van der Waals surface area contributed by atoms with Crippen LogP contribution in [0, 0.1) is 0 Å². The minimum atomic E-state index is -0.655. The molecule has 0 bridgehead atoms. The molecule has 18 heavy (non-hydrogen) atoms. The topological polar surface area (TPSA) is 60.9 Å². The molecule has 0 saturated carbocycles. The minimum absolute atomic E-state index is 0.125. The van der Waals surface area contributed by atoms with Gasteiger partial charge in [0.25, 0.3) is 0 Å². The van der Waals surface area contributed by atoms with E-state index in [2.05, 4.69) is 0 Å². The Hall–Kier alpha value is -1.88. The number of hydrogen-bond acceptors (Lipinski definition) is 3. The summed E-state index contributed by atoms with van der Waals surface area (Å²) in [6.07, 6.45) is -0.298. The minimum Gasteiger partial charge on any atom is -0.388 e. The summed E-state index contributed by atoms with van der Waals surface area (Å²) in [6.45, 7) is 0.373. The largest absolute Gasteiger partial charge is 0.388 e. The second-order valence-corrected chi connectivity index (χ2v) is 4.40. The molecule has 1 heterocycles. The van der Waals surface area contributed by atoms with Gasteiger partial charge in [-0.3, -0.25) is 9.69 Å². The highest BCUT2D eigenvalue weighted by atomic mass is 16.3. The number of carbonyl (C=O) groups is 2. The third-order valence-electron chi connectivity index (χ3n) is 3.04. The predicted molar refractivity (Wildman–Crippen MR) is 65.8 cm³/mol. The molecule has 5 nitrogen and oxygen atoms in total. The van der Waals surface area contributed by atoms with Crippen molar-refractivity contribution in [1.82, 2.24) is 9.80 Å². The molecule has 5 heteroatoms. The number of amides is 3. The summed E-state index contributed by atoms with van der Waals surface area (Å²) >= 11 is 0. The number of benzene rings is 1. The molecule has 1 N–H and O–H groups in total. The van der Waals surface area contributed by atoms with E-state index in [9.17, 15) is 14.7 Å². The molecule has 1 aliphatic heterocycles. The number of aliphatic hydroxyl groups is 1. The Balaban J connectivity index is 1.92. The molecular weight excluding hydrogens is 232 g/mol. The average Bonchev–Trinajstić information content (AvgIpc) is 2.62. The van der Waals surface area contributed by atoms with Crippen molar-refractivity contribution in [3.05, 3.63) is 35.9 Å². The van der Waals surface area contributed by atoms with Gasteiger partial charge in [-0.1, -0.05) is 30.3 Å². The van der Waals surface area contributed by atoms with E-state index in [1.807, 2.05) is 30.3 Å². The Morgan fingerprint density at radius 2 is 1.94 bits per heavy atom. The normalized spacial score (nSPS) is 17.4. The quantitative estimate of drug-likeness (QED) is 0.809. The summed E-state index contributed by atoms with van der Waals surface area (Å²) < 4.78 is 0. The van der Waals surface area contributed by atoms with Crippen LogP contribution in [0.4, 0.5) is 4.79 Å². The molecule has 1 aromatic rings. The van der Waals surface area contributed by atoms with Crippen molar-refractivity contribution in [2.75, 3.05) is 20.1 Å². The standard InChI is InChI=1S/C13H16N2O3/c1-14-9-12(17)15(13(14)18)8-7-11(16)10-5-3-2-4-6-10/h2-6,11,16H,7-9H2,1H3. The summed E-state index contributed by atoms with van der Waals surface area (Å²) in [5, 5.41) is 9.96. The summed E-state index contributed by atoms with van der Waals surface area (Å²) in [5.41, 5.74) is 0.796. The van der Waals surface area contributed by atoms with Crippen molar-refractivity contribution in [2.24, 2.45) is 0 Å². The van der Waals surface area contributed by atoms with Crippen LogP contribution in [0.1, 0.15) is 18.1 Å². The summed E-state index contributed by atoms with van der Waals surface area (Å²) in [5.74, 6) is -0.206. The first-order chi connectivity index (χ1) is 8.59. The summed E-state index contributed by atoms with van der Waals surface area (Å²) in [4.78, 5) is 25.7. The van der Waals surface area contributed by atoms with E-state index in [1.54, 1.807) is 7.05 Å². The van der Waals surface area contributed by atoms with E-state index in [0.717, 1.165) is 5.56 Å². The molecule has 1 fully saturated rings. The fourth-order valence-electron chi connectivity index (χ4n) is 1.98. The van der Waals surface area contributed by atoms with Crippen molar-refractivity contribution in [2.45, 2.75) is 12.5 Å². The third kappa shape index (κ3) is 2.51. The monoisotopic (exact) mass is 248 g/mol. The molecule has 0 aliphatic carbocycles. The molecule has 1 aromatic carbocycles. The highest BCUT2D eigenvalue weighted by molar-refractivity contribution is 6.01. The van der Waals surface area contributed by atoms with Crippen LogP contribution < -0.4 is 0 Å². The van der Waals surface area contributed by atoms with E-state index in [1.165, 1.54) is 9.80 Å².